The van der Waals surface area contributed by atoms with E-state index in [0.29, 0.717) is 19.0 Å². The molecule has 0 atom stereocenters. The molecule has 0 spiro atoms. The van der Waals surface area contributed by atoms with Gasteiger partial charge in [-0.1, -0.05) is 6.92 Å². The number of hydrogen-bond donors (Lipinski definition) is 1. The summed E-state index contributed by atoms with van der Waals surface area (Å²) in [6.45, 7) is 4.97. The maximum absolute atomic E-state index is 13.2. The molecule has 0 unspecified atom stereocenters. The van der Waals surface area contributed by atoms with Crippen LogP contribution in [0.1, 0.15) is 19.8 Å². The van der Waals surface area contributed by atoms with E-state index in [-0.39, 0.29) is 9.37 Å². The molecule has 1 aromatic rings. The SMILES string of the molecule is CCNCC1CCN(S(=O)(=O)c2ccc(F)c(Br)c2)CC1. The van der Waals surface area contributed by atoms with Gasteiger partial charge in [-0.3, -0.25) is 0 Å². The van der Waals surface area contributed by atoms with Gasteiger partial charge in [-0.05, 0) is 66.0 Å². The van der Waals surface area contributed by atoms with E-state index in [1.165, 1.54) is 22.5 Å². The van der Waals surface area contributed by atoms with E-state index >= 15 is 0 Å². The molecule has 118 valence electrons. The second-order valence-electron chi connectivity index (χ2n) is 5.23. The van der Waals surface area contributed by atoms with Crippen molar-refractivity contribution in [2.75, 3.05) is 26.2 Å². The highest BCUT2D eigenvalue weighted by molar-refractivity contribution is 9.10. The lowest BCUT2D eigenvalue weighted by molar-refractivity contribution is 0.268. The average molecular weight is 379 g/mol. The molecule has 4 nitrogen and oxygen atoms in total. The summed E-state index contributed by atoms with van der Waals surface area (Å²) >= 11 is 3.03. The van der Waals surface area contributed by atoms with Crippen molar-refractivity contribution >= 4 is 26.0 Å². The summed E-state index contributed by atoms with van der Waals surface area (Å²) in [7, 11) is -3.53. The van der Waals surface area contributed by atoms with Gasteiger partial charge in [0, 0.05) is 13.1 Å². The minimum Gasteiger partial charge on any atom is -0.317 e. The average Bonchev–Trinajstić information content (AvgIpc) is 2.48. The zero-order valence-electron chi connectivity index (χ0n) is 12.0. The maximum atomic E-state index is 13.2. The number of hydrogen-bond acceptors (Lipinski definition) is 3. The van der Waals surface area contributed by atoms with Crippen LogP contribution in [-0.4, -0.2) is 38.9 Å². The van der Waals surface area contributed by atoms with Crippen molar-refractivity contribution in [2.24, 2.45) is 5.92 Å². The van der Waals surface area contributed by atoms with Crippen molar-refractivity contribution in [3.63, 3.8) is 0 Å². The third kappa shape index (κ3) is 4.03. The van der Waals surface area contributed by atoms with Crippen LogP contribution in [-0.2, 0) is 10.0 Å². The normalized spacial score (nSPS) is 18.0. The smallest absolute Gasteiger partial charge is 0.243 e. The van der Waals surface area contributed by atoms with Gasteiger partial charge in [-0.25, -0.2) is 12.8 Å². The zero-order chi connectivity index (χ0) is 15.5. The van der Waals surface area contributed by atoms with Gasteiger partial charge in [0.15, 0.2) is 0 Å². The van der Waals surface area contributed by atoms with Crippen LogP contribution < -0.4 is 5.32 Å². The first-order valence-electron chi connectivity index (χ1n) is 7.11. The van der Waals surface area contributed by atoms with Crippen LogP contribution in [0.4, 0.5) is 4.39 Å². The van der Waals surface area contributed by atoms with Crippen LogP contribution in [0, 0.1) is 11.7 Å². The Morgan fingerprint density at radius 1 is 1.38 bits per heavy atom. The highest BCUT2D eigenvalue weighted by Crippen LogP contribution is 2.26. The van der Waals surface area contributed by atoms with Gasteiger partial charge in [0.25, 0.3) is 0 Å². The summed E-state index contributed by atoms with van der Waals surface area (Å²) in [6.07, 6.45) is 1.71. The lowest BCUT2D eigenvalue weighted by Crippen LogP contribution is -2.40. The third-order valence-corrected chi connectivity index (χ3v) is 6.29. The third-order valence-electron chi connectivity index (χ3n) is 3.79. The maximum Gasteiger partial charge on any atom is 0.243 e. The molecular weight excluding hydrogens is 359 g/mol. The van der Waals surface area contributed by atoms with E-state index in [0.717, 1.165) is 25.9 Å². The number of benzene rings is 1. The van der Waals surface area contributed by atoms with Crippen LogP contribution >= 0.6 is 15.9 Å². The molecule has 1 N–H and O–H groups in total. The van der Waals surface area contributed by atoms with Crippen molar-refractivity contribution in [3.05, 3.63) is 28.5 Å². The monoisotopic (exact) mass is 378 g/mol. The van der Waals surface area contributed by atoms with E-state index in [1.807, 2.05) is 0 Å². The molecule has 0 aromatic heterocycles. The van der Waals surface area contributed by atoms with Crippen LogP contribution in [0.5, 0.6) is 0 Å². The summed E-state index contributed by atoms with van der Waals surface area (Å²) in [5.74, 6) is 0.0645. The van der Waals surface area contributed by atoms with E-state index in [4.69, 9.17) is 0 Å². The summed E-state index contributed by atoms with van der Waals surface area (Å²) in [5, 5.41) is 3.30. The molecule has 1 aliphatic rings. The molecule has 1 heterocycles. The number of nitrogens with one attached hydrogen (secondary N) is 1. The van der Waals surface area contributed by atoms with Crippen LogP contribution in [0.3, 0.4) is 0 Å². The predicted octanol–water partition coefficient (Wildman–Crippen LogP) is 2.60. The highest BCUT2D eigenvalue weighted by atomic mass is 79.9. The van der Waals surface area contributed by atoms with Crippen LogP contribution in [0.2, 0.25) is 0 Å². The molecule has 0 bridgehead atoms. The molecule has 1 fully saturated rings. The Morgan fingerprint density at radius 2 is 2.05 bits per heavy atom. The molecule has 0 aliphatic carbocycles. The molecule has 2 rings (SSSR count). The molecular formula is C14H20BrFN2O2S. The van der Waals surface area contributed by atoms with E-state index in [1.54, 1.807) is 0 Å². The fourth-order valence-corrected chi connectivity index (χ4v) is 4.52. The van der Waals surface area contributed by atoms with Gasteiger partial charge in [-0.15, -0.1) is 0 Å². The summed E-state index contributed by atoms with van der Waals surface area (Å²) in [4.78, 5) is 0.140. The molecule has 0 amide bonds. The van der Waals surface area contributed by atoms with Gasteiger partial charge >= 0.3 is 0 Å². The van der Waals surface area contributed by atoms with Crippen LogP contribution in [0.25, 0.3) is 0 Å². The molecule has 0 saturated carbocycles. The number of sulfonamides is 1. The number of halogens is 2. The van der Waals surface area contributed by atoms with Gasteiger partial charge in [0.05, 0.1) is 9.37 Å². The molecule has 0 radical (unpaired) electrons. The van der Waals surface area contributed by atoms with Crippen molar-refractivity contribution in [1.82, 2.24) is 9.62 Å². The van der Waals surface area contributed by atoms with Crippen molar-refractivity contribution < 1.29 is 12.8 Å². The van der Waals surface area contributed by atoms with Gasteiger partial charge in [0.2, 0.25) is 10.0 Å². The Hall–Kier alpha value is -0.500. The summed E-state index contributed by atoms with van der Waals surface area (Å²) in [6, 6.07) is 3.82. The van der Waals surface area contributed by atoms with Crippen molar-refractivity contribution in [3.8, 4) is 0 Å². The van der Waals surface area contributed by atoms with Crippen molar-refractivity contribution in [2.45, 2.75) is 24.7 Å². The Morgan fingerprint density at radius 3 is 2.62 bits per heavy atom. The first-order chi connectivity index (χ1) is 9.95. The second kappa shape index (κ2) is 7.17. The molecule has 1 aromatic carbocycles. The molecule has 7 heteroatoms. The van der Waals surface area contributed by atoms with E-state index in [2.05, 4.69) is 28.2 Å². The lowest BCUT2D eigenvalue weighted by Gasteiger charge is -2.31. The quantitative estimate of drug-likeness (QED) is 0.856. The standard InChI is InChI=1S/C14H20BrFN2O2S/c1-2-17-10-11-5-7-18(8-6-11)21(19,20)12-3-4-14(16)13(15)9-12/h3-4,9,11,17H,2,5-8,10H2,1H3. The van der Waals surface area contributed by atoms with E-state index in [9.17, 15) is 12.8 Å². The molecule has 1 aliphatic heterocycles. The first kappa shape index (κ1) is 16.9. The predicted molar refractivity (Wildman–Crippen MR) is 84.1 cm³/mol. The largest absolute Gasteiger partial charge is 0.317 e. The Labute approximate surface area is 133 Å². The first-order valence-corrected chi connectivity index (χ1v) is 9.34. The minimum atomic E-state index is -3.53. The van der Waals surface area contributed by atoms with E-state index < -0.39 is 15.8 Å². The lowest BCUT2D eigenvalue weighted by atomic mass is 9.98. The molecule has 21 heavy (non-hydrogen) atoms. The zero-order valence-corrected chi connectivity index (χ0v) is 14.4. The fourth-order valence-electron chi connectivity index (χ4n) is 2.49. The van der Waals surface area contributed by atoms with Gasteiger partial charge in [-0.2, -0.15) is 4.31 Å². The second-order valence-corrected chi connectivity index (χ2v) is 8.02. The Balaban J connectivity index is 2.06. The fraction of sp³-hybridized carbons (Fsp3) is 0.571. The Kier molecular flexibility index (Phi) is 5.76. The highest BCUT2D eigenvalue weighted by Gasteiger charge is 2.29. The summed E-state index contributed by atoms with van der Waals surface area (Å²) in [5.41, 5.74) is 0. The number of nitrogens with zero attached hydrogens (tertiary/aromatic N) is 1. The number of rotatable bonds is 5. The van der Waals surface area contributed by atoms with Gasteiger partial charge in [0.1, 0.15) is 5.82 Å². The van der Waals surface area contributed by atoms with Gasteiger partial charge < -0.3 is 5.32 Å². The Bertz CT molecular complexity index is 587. The topological polar surface area (TPSA) is 49.4 Å². The van der Waals surface area contributed by atoms with Crippen molar-refractivity contribution in [1.29, 1.82) is 0 Å². The molecule has 1 saturated heterocycles. The van der Waals surface area contributed by atoms with Crippen LogP contribution in [0.15, 0.2) is 27.6 Å². The summed E-state index contributed by atoms with van der Waals surface area (Å²) < 4.78 is 40.0. The minimum absolute atomic E-state index is 0.140. The number of piperidine rings is 1.